The molecule has 0 fully saturated rings. The minimum Gasteiger partial charge on any atom is -0.463 e. The molecule has 0 aromatic heterocycles. The number of rotatable bonds is 52. The molecule has 70 heavy (non-hydrogen) atoms. The van der Waals surface area contributed by atoms with Crippen molar-refractivity contribution in [2.24, 2.45) is 0 Å². The topological polar surface area (TPSA) is 225 Å². The van der Waals surface area contributed by atoms with Gasteiger partial charge in [-0.1, -0.05) is 197 Å². The fraction of sp³-hybridized carbons (Fsp3) is 0.811. The highest BCUT2D eigenvalue weighted by atomic mass is 31.2. The van der Waals surface area contributed by atoms with Crippen LogP contribution in [0.15, 0.2) is 48.6 Å². The van der Waals surface area contributed by atoms with Gasteiger partial charge in [-0.15, -0.1) is 0 Å². The van der Waals surface area contributed by atoms with Gasteiger partial charge in [0, 0.05) is 12.8 Å². The van der Waals surface area contributed by atoms with Crippen molar-refractivity contribution >= 4 is 27.6 Å². The van der Waals surface area contributed by atoms with Gasteiger partial charge >= 0.3 is 27.6 Å². The zero-order chi connectivity index (χ0) is 51.7. The van der Waals surface area contributed by atoms with Gasteiger partial charge in [0.15, 0.2) is 0 Å². The maximum absolute atomic E-state index is 12.2. The fourth-order valence-electron chi connectivity index (χ4n) is 7.08. The molecule has 0 aromatic rings. The van der Waals surface area contributed by atoms with Crippen LogP contribution in [0.4, 0.5) is 0 Å². The van der Waals surface area contributed by atoms with Gasteiger partial charge in [-0.3, -0.25) is 27.7 Å². The first-order chi connectivity index (χ1) is 33.8. The van der Waals surface area contributed by atoms with Gasteiger partial charge in [0.05, 0.1) is 26.4 Å². The third-order valence-electron chi connectivity index (χ3n) is 11.3. The third-order valence-corrected chi connectivity index (χ3v) is 13.2. The van der Waals surface area contributed by atoms with Gasteiger partial charge in [0.1, 0.15) is 31.5 Å². The minimum atomic E-state index is -4.79. The van der Waals surface area contributed by atoms with Crippen LogP contribution < -0.4 is 0 Å². The first-order valence-electron chi connectivity index (χ1n) is 27.0. The van der Waals surface area contributed by atoms with Gasteiger partial charge in [-0.2, -0.15) is 0 Å². The Hall–Kier alpha value is -2.00. The lowest BCUT2D eigenvalue weighted by atomic mass is 10.0. The van der Waals surface area contributed by atoms with Crippen LogP contribution in [-0.4, -0.2) is 95.0 Å². The van der Waals surface area contributed by atoms with Gasteiger partial charge in [0.25, 0.3) is 0 Å². The van der Waals surface area contributed by atoms with Crippen molar-refractivity contribution in [2.45, 2.75) is 238 Å². The van der Waals surface area contributed by atoms with E-state index in [-0.39, 0.29) is 12.8 Å². The Labute approximate surface area is 423 Å². The molecule has 0 amide bonds. The second kappa shape index (κ2) is 49.2. The summed E-state index contributed by atoms with van der Waals surface area (Å²) in [6, 6.07) is 0. The van der Waals surface area contributed by atoms with E-state index in [0.717, 1.165) is 70.6 Å². The second-order valence-corrected chi connectivity index (χ2v) is 21.2. The molecule has 0 aliphatic carbocycles. The van der Waals surface area contributed by atoms with E-state index in [9.17, 15) is 43.8 Å². The summed E-state index contributed by atoms with van der Waals surface area (Å²) in [5.41, 5.74) is 0. The number of hydrogen-bond donors (Lipinski definition) is 5. The highest BCUT2D eigenvalue weighted by molar-refractivity contribution is 7.47. The van der Waals surface area contributed by atoms with Gasteiger partial charge in [-0.25, -0.2) is 9.13 Å². The Kier molecular flexibility index (Phi) is 47.8. The standard InChI is InChI=1S/C53H98O15P2/c1-3-5-7-9-11-13-15-17-19-21-22-23-24-26-28-30-32-34-36-38-40-42-53(58)64-44-50(55)46-66-70(61,62)68-48-51(56)47-67-69(59,60)65-45-49(54)43-63-52(57)41-39-37-35-33-31-29-27-25-20-18-16-14-12-10-8-6-4-2/h11,13,17,19,22-23,26,28,49-51,54-56H,3-10,12,14-16,18,20-21,24-25,27,29-48H2,1-2H3,(H,59,60)(H,61,62)/b13-11-,19-17-,23-22-,28-26-. The molecule has 0 aliphatic heterocycles. The lowest BCUT2D eigenvalue weighted by Crippen LogP contribution is -2.25. The molecule has 15 nitrogen and oxygen atoms in total. The van der Waals surface area contributed by atoms with Crippen molar-refractivity contribution < 1.29 is 71.4 Å². The van der Waals surface area contributed by atoms with Gasteiger partial charge in [0.2, 0.25) is 0 Å². The van der Waals surface area contributed by atoms with E-state index < -0.39 is 85.5 Å². The van der Waals surface area contributed by atoms with Crippen LogP contribution >= 0.6 is 15.6 Å². The third kappa shape index (κ3) is 50.9. The van der Waals surface area contributed by atoms with Crippen molar-refractivity contribution in [3.05, 3.63) is 48.6 Å². The summed E-state index contributed by atoms with van der Waals surface area (Å²) in [5.74, 6) is -1.01. The summed E-state index contributed by atoms with van der Waals surface area (Å²) in [4.78, 5) is 43.9. The molecule has 0 rings (SSSR count). The molecule has 410 valence electrons. The van der Waals surface area contributed by atoms with Crippen LogP contribution in [0.2, 0.25) is 0 Å². The predicted octanol–water partition coefficient (Wildman–Crippen LogP) is 13.2. The van der Waals surface area contributed by atoms with Crippen molar-refractivity contribution in [1.82, 2.24) is 0 Å². The quantitative estimate of drug-likeness (QED) is 0.0165. The number of phosphoric ester groups is 2. The van der Waals surface area contributed by atoms with E-state index >= 15 is 0 Å². The number of ether oxygens (including phenoxy) is 2. The molecule has 0 saturated carbocycles. The van der Waals surface area contributed by atoms with Crippen LogP contribution in [0.5, 0.6) is 0 Å². The Bertz CT molecular complexity index is 1440. The summed E-state index contributed by atoms with van der Waals surface area (Å²) in [5, 5.41) is 30.1. The Morgan fingerprint density at radius 3 is 0.943 bits per heavy atom. The van der Waals surface area contributed by atoms with Gasteiger partial charge in [-0.05, 0) is 57.8 Å². The van der Waals surface area contributed by atoms with Gasteiger partial charge < -0.3 is 34.6 Å². The monoisotopic (exact) mass is 1040 g/mol. The van der Waals surface area contributed by atoms with Crippen LogP contribution in [0, 0.1) is 0 Å². The average Bonchev–Trinajstić information content (AvgIpc) is 3.34. The molecule has 17 heteroatoms. The number of allylic oxidation sites excluding steroid dienone is 8. The van der Waals surface area contributed by atoms with Crippen LogP contribution in [0.25, 0.3) is 0 Å². The van der Waals surface area contributed by atoms with E-state index in [1.54, 1.807) is 0 Å². The normalized spacial score (nSPS) is 15.2. The number of aliphatic hydroxyl groups excluding tert-OH is 3. The molecule has 5 unspecified atom stereocenters. The number of carbonyl (C=O) groups excluding carboxylic acids is 2. The number of carbonyl (C=O) groups is 2. The van der Waals surface area contributed by atoms with Crippen LogP contribution in [0.1, 0.15) is 219 Å². The van der Waals surface area contributed by atoms with Crippen molar-refractivity contribution in [2.75, 3.05) is 39.6 Å². The molecule has 0 heterocycles. The molecule has 0 radical (unpaired) electrons. The largest absolute Gasteiger partial charge is 0.472 e. The maximum Gasteiger partial charge on any atom is 0.472 e. The van der Waals surface area contributed by atoms with Crippen molar-refractivity contribution in [3.63, 3.8) is 0 Å². The predicted molar refractivity (Wildman–Crippen MR) is 279 cm³/mol. The number of phosphoric acid groups is 2. The van der Waals surface area contributed by atoms with E-state index in [2.05, 4.69) is 71.5 Å². The van der Waals surface area contributed by atoms with E-state index in [1.165, 1.54) is 109 Å². The summed E-state index contributed by atoms with van der Waals surface area (Å²) in [6.07, 6.45) is 48.0. The molecular formula is C53H98O15P2. The number of aliphatic hydroxyl groups is 3. The molecule has 0 spiro atoms. The van der Waals surface area contributed by atoms with E-state index in [4.69, 9.17) is 18.5 Å². The first kappa shape index (κ1) is 68.0. The molecule has 0 aromatic carbocycles. The maximum atomic E-state index is 12.2. The molecule has 0 aliphatic rings. The molecule has 0 saturated heterocycles. The number of unbranched alkanes of at least 4 members (excludes halogenated alkanes) is 24. The van der Waals surface area contributed by atoms with Crippen LogP contribution in [-0.2, 0) is 46.3 Å². The fourth-order valence-corrected chi connectivity index (χ4v) is 8.67. The summed E-state index contributed by atoms with van der Waals surface area (Å²) in [7, 11) is -9.58. The molecule has 5 N–H and O–H groups in total. The summed E-state index contributed by atoms with van der Waals surface area (Å²) in [6.45, 7) is 0.405. The number of hydrogen-bond acceptors (Lipinski definition) is 13. The van der Waals surface area contributed by atoms with E-state index in [1.807, 2.05) is 0 Å². The minimum absolute atomic E-state index is 0.174. The second-order valence-electron chi connectivity index (χ2n) is 18.2. The molecule has 0 bridgehead atoms. The Morgan fingerprint density at radius 2 is 0.614 bits per heavy atom. The lowest BCUT2D eigenvalue weighted by Gasteiger charge is -2.19. The first-order valence-corrected chi connectivity index (χ1v) is 30.0. The Morgan fingerprint density at radius 1 is 0.371 bits per heavy atom. The van der Waals surface area contributed by atoms with E-state index in [0.29, 0.717) is 12.8 Å². The molecular weight excluding hydrogens is 939 g/mol. The highest BCUT2D eigenvalue weighted by Crippen LogP contribution is 2.45. The average molecular weight is 1040 g/mol. The smallest absolute Gasteiger partial charge is 0.463 e. The zero-order valence-electron chi connectivity index (χ0n) is 43.4. The highest BCUT2D eigenvalue weighted by Gasteiger charge is 2.28. The van der Waals surface area contributed by atoms with Crippen LogP contribution in [0.3, 0.4) is 0 Å². The summed E-state index contributed by atoms with van der Waals surface area (Å²) < 4.78 is 53.1. The summed E-state index contributed by atoms with van der Waals surface area (Å²) >= 11 is 0. The molecule has 5 atom stereocenters. The SMILES string of the molecule is CCCCC/C=C\C/C=C\C/C=C\C/C=C\CCCCCCCC(=O)OCC(O)COP(=O)(O)OCC(O)COP(=O)(O)OCC(O)COC(=O)CCCCCCCCCCCCCCCCCCC. The zero-order valence-corrected chi connectivity index (χ0v) is 45.2. The van der Waals surface area contributed by atoms with Crippen molar-refractivity contribution in [3.8, 4) is 0 Å². The number of esters is 2. The van der Waals surface area contributed by atoms with Crippen molar-refractivity contribution in [1.29, 1.82) is 0 Å². The lowest BCUT2D eigenvalue weighted by molar-refractivity contribution is -0.148. The Balaban J connectivity index is 3.86.